The van der Waals surface area contributed by atoms with Gasteiger partial charge in [0, 0.05) is 11.1 Å². The molecule has 2 unspecified atom stereocenters. The fourth-order valence-corrected chi connectivity index (χ4v) is 1.21. The van der Waals surface area contributed by atoms with Gasteiger partial charge in [-0.1, -0.05) is 12.2 Å². The van der Waals surface area contributed by atoms with Crippen molar-refractivity contribution in [3.63, 3.8) is 0 Å². The lowest BCUT2D eigenvalue weighted by Crippen LogP contribution is -2.52. The van der Waals surface area contributed by atoms with Gasteiger partial charge >= 0.3 is 0 Å². The minimum absolute atomic E-state index is 0.0498. The van der Waals surface area contributed by atoms with Crippen molar-refractivity contribution in [1.82, 2.24) is 5.32 Å². The smallest absolute Gasteiger partial charge is 0.0979 e. The van der Waals surface area contributed by atoms with E-state index in [1.165, 1.54) is 0 Å². The molecule has 0 fully saturated rings. The molecule has 1 heterocycles. The molecule has 0 saturated carbocycles. The van der Waals surface area contributed by atoms with Crippen LogP contribution in [0.5, 0.6) is 0 Å². The van der Waals surface area contributed by atoms with E-state index < -0.39 is 5.54 Å². The SMILES string of the molecule is CC(=S)C(C)(N)C1C=CNC(C)=N1. The van der Waals surface area contributed by atoms with Crippen molar-refractivity contribution in [3.05, 3.63) is 12.3 Å². The van der Waals surface area contributed by atoms with Crippen LogP contribution in [0.4, 0.5) is 0 Å². The zero-order valence-corrected chi connectivity index (χ0v) is 8.98. The van der Waals surface area contributed by atoms with E-state index in [1.54, 1.807) is 0 Å². The molecule has 0 aromatic rings. The molecular weight excluding hydrogens is 182 g/mol. The average Bonchev–Trinajstić information content (AvgIpc) is 2.04. The molecule has 1 aliphatic rings. The third-order valence-corrected chi connectivity index (χ3v) is 2.72. The van der Waals surface area contributed by atoms with Gasteiger partial charge < -0.3 is 11.1 Å². The fourth-order valence-electron chi connectivity index (χ4n) is 1.09. The lowest BCUT2D eigenvalue weighted by molar-refractivity contribution is 0.553. The van der Waals surface area contributed by atoms with Gasteiger partial charge in [0.15, 0.2) is 0 Å². The molecule has 3 nitrogen and oxygen atoms in total. The third kappa shape index (κ3) is 2.14. The third-order valence-electron chi connectivity index (χ3n) is 2.28. The number of hydrogen-bond donors (Lipinski definition) is 2. The van der Waals surface area contributed by atoms with Gasteiger partial charge in [-0.3, -0.25) is 4.99 Å². The summed E-state index contributed by atoms with van der Waals surface area (Å²) in [5.74, 6) is 0.875. The second kappa shape index (κ2) is 3.55. The second-order valence-corrected chi connectivity index (χ2v) is 4.11. The van der Waals surface area contributed by atoms with Gasteiger partial charge in [0.05, 0.1) is 17.4 Å². The highest BCUT2D eigenvalue weighted by Gasteiger charge is 2.31. The van der Waals surface area contributed by atoms with E-state index >= 15 is 0 Å². The molecule has 0 bridgehead atoms. The molecule has 13 heavy (non-hydrogen) atoms. The highest BCUT2D eigenvalue weighted by molar-refractivity contribution is 7.80. The molecule has 0 amide bonds. The Labute approximate surface area is 84.1 Å². The van der Waals surface area contributed by atoms with Crippen LogP contribution >= 0.6 is 12.2 Å². The van der Waals surface area contributed by atoms with E-state index in [2.05, 4.69) is 10.3 Å². The number of hydrogen-bond acceptors (Lipinski definition) is 4. The largest absolute Gasteiger partial charge is 0.351 e. The molecule has 1 rings (SSSR count). The summed E-state index contributed by atoms with van der Waals surface area (Å²) in [6.45, 7) is 5.67. The zero-order valence-electron chi connectivity index (χ0n) is 8.16. The molecule has 2 atom stereocenters. The molecule has 3 N–H and O–H groups in total. The highest BCUT2D eigenvalue weighted by atomic mass is 32.1. The topological polar surface area (TPSA) is 50.4 Å². The van der Waals surface area contributed by atoms with E-state index in [0.717, 1.165) is 10.7 Å². The molecule has 0 aromatic carbocycles. The van der Waals surface area contributed by atoms with Crippen molar-refractivity contribution in [2.75, 3.05) is 0 Å². The molecular formula is C9H15N3S. The summed E-state index contributed by atoms with van der Waals surface area (Å²) < 4.78 is 0. The normalized spacial score (nSPS) is 25.8. The minimum atomic E-state index is -0.533. The van der Waals surface area contributed by atoms with Crippen LogP contribution in [0.1, 0.15) is 20.8 Å². The van der Waals surface area contributed by atoms with Crippen LogP contribution in [-0.2, 0) is 0 Å². The van der Waals surface area contributed by atoms with E-state index in [9.17, 15) is 0 Å². The lowest BCUT2D eigenvalue weighted by Gasteiger charge is -2.30. The quantitative estimate of drug-likeness (QED) is 0.649. The van der Waals surface area contributed by atoms with Crippen molar-refractivity contribution in [2.24, 2.45) is 10.7 Å². The van der Waals surface area contributed by atoms with Crippen molar-refractivity contribution in [2.45, 2.75) is 32.4 Å². The van der Waals surface area contributed by atoms with E-state index in [1.807, 2.05) is 33.0 Å². The van der Waals surface area contributed by atoms with Crippen molar-refractivity contribution in [3.8, 4) is 0 Å². The Hall–Kier alpha value is -0.740. The van der Waals surface area contributed by atoms with E-state index in [4.69, 9.17) is 18.0 Å². The molecule has 0 aromatic heterocycles. The van der Waals surface area contributed by atoms with Crippen LogP contribution in [0, 0.1) is 0 Å². The van der Waals surface area contributed by atoms with Gasteiger partial charge in [0.2, 0.25) is 0 Å². The fraction of sp³-hybridized carbons (Fsp3) is 0.556. The van der Waals surface area contributed by atoms with Crippen molar-refractivity contribution in [1.29, 1.82) is 0 Å². The van der Waals surface area contributed by atoms with Gasteiger partial charge in [0.25, 0.3) is 0 Å². The van der Waals surface area contributed by atoms with Gasteiger partial charge in [-0.2, -0.15) is 0 Å². The van der Waals surface area contributed by atoms with Gasteiger partial charge in [-0.15, -0.1) is 0 Å². The first-order chi connectivity index (χ1) is 5.94. The highest BCUT2D eigenvalue weighted by Crippen LogP contribution is 2.16. The Balaban J connectivity index is 2.88. The number of amidine groups is 1. The van der Waals surface area contributed by atoms with Crippen LogP contribution in [0.15, 0.2) is 17.3 Å². The van der Waals surface area contributed by atoms with Crippen molar-refractivity contribution >= 4 is 22.9 Å². The maximum absolute atomic E-state index is 6.07. The average molecular weight is 197 g/mol. The Bertz CT molecular complexity index is 279. The van der Waals surface area contributed by atoms with Gasteiger partial charge in [0.1, 0.15) is 0 Å². The minimum Gasteiger partial charge on any atom is -0.351 e. The van der Waals surface area contributed by atoms with Crippen LogP contribution in [0.2, 0.25) is 0 Å². The van der Waals surface area contributed by atoms with Crippen LogP contribution in [0.3, 0.4) is 0 Å². The van der Waals surface area contributed by atoms with Crippen LogP contribution in [-0.4, -0.2) is 22.3 Å². The molecule has 0 aliphatic carbocycles. The summed E-state index contributed by atoms with van der Waals surface area (Å²) in [6, 6.07) is -0.0498. The maximum Gasteiger partial charge on any atom is 0.0979 e. The number of aliphatic imine (C=N–C) groups is 1. The molecule has 0 radical (unpaired) electrons. The van der Waals surface area contributed by atoms with Gasteiger partial charge in [-0.05, 0) is 26.8 Å². The maximum atomic E-state index is 6.07. The Morgan fingerprint density at radius 1 is 1.77 bits per heavy atom. The Morgan fingerprint density at radius 3 is 2.85 bits per heavy atom. The first-order valence-electron chi connectivity index (χ1n) is 4.22. The summed E-state index contributed by atoms with van der Waals surface area (Å²) in [5, 5.41) is 2.99. The van der Waals surface area contributed by atoms with E-state index in [-0.39, 0.29) is 6.04 Å². The van der Waals surface area contributed by atoms with Crippen molar-refractivity contribution < 1.29 is 0 Å². The Morgan fingerprint density at radius 2 is 2.38 bits per heavy atom. The Kier molecular flexibility index (Phi) is 2.83. The molecule has 4 heteroatoms. The molecule has 1 aliphatic heterocycles. The monoisotopic (exact) mass is 197 g/mol. The predicted octanol–water partition coefficient (Wildman–Crippen LogP) is 0.998. The summed E-state index contributed by atoms with van der Waals surface area (Å²) in [4.78, 5) is 5.16. The van der Waals surface area contributed by atoms with E-state index in [0.29, 0.717) is 0 Å². The number of nitrogens with zero attached hydrogens (tertiary/aromatic N) is 1. The second-order valence-electron chi connectivity index (χ2n) is 3.50. The standard InChI is InChI=1S/C9H15N3S/c1-6(13)9(3,10)8-4-5-11-7(2)12-8/h4-5,8H,10H2,1-3H3,(H,11,12). The summed E-state index contributed by atoms with van der Waals surface area (Å²) in [5.41, 5.74) is 5.54. The molecule has 0 saturated heterocycles. The number of thiocarbonyl (C=S) groups is 1. The zero-order chi connectivity index (χ0) is 10.1. The lowest BCUT2D eigenvalue weighted by atomic mass is 9.90. The number of rotatable bonds is 2. The molecule has 72 valence electrons. The van der Waals surface area contributed by atoms with Gasteiger partial charge in [-0.25, -0.2) is 0 Å². The summed E-state index contributed by atoms with van der Waals surface area (Å²) in [6.07, 6.45) is 3.79. The van der Waals surface area contributed by atoms with Crippen LogP contribution in [0.25, 0.3) is 0 Å². The summed E-state index contributed by atoms with van der Waals surface area (Å²) in [7, 11) is 0. The first kappa shape index (κ1) is 10.3. The summed E-state index contributed by atoms with van der Waals surface area (Å²) >= 11 is 5.10. The number of nitrogens with two attached hydrogens (primary N) is 1. The van der Waals surface area contributed by atoms with Crippen LogP contribution < -0.4 is 11.1 Å². The predicted molar refractivity (Wildman–Crippen MR) is 60.0 cm³/mol. The first-order valence-corrected chi connectivity index (χ1v) is 4.63. The number of nitrogens with one attached hydrogen (secondary N) is 1. The molecule has 0 spiro atoms.